The second-order valence-electron chi connectivity index (χ2n) is 6.67. The van der Waals surface area contributed by atoms with E-state index in [-0.39, 0.29) is 5.91 Å². The van der Waals surface area contributed by atoms with Gasteiger partial charge in [-0.25, -0.2) is 0 Å². The van der Waals surface area contributed by atoms with Crippen LogP contribution in [0.15, 0.2) is 42.5 Å². The molecule has 0 aliphatic rings. The third-order valence-corrected chi connectivity index (χ3v) is 4.30. The molecule has 2 aromatic carbocycles. The molecule has 1 atom stereocenters. The van der Waals surface area contributed by atoms with Crippen LogP contribution in [0.4, 0.5) is 0 Å². The molecule has 3 nitrogen and oxygen atoms in total. The normalized spacial score (nSPS) is 11.8. The van der Waals surface area contributed by atoms with Crippen molar-refractivity contribution in [2.24, 2.45) is 0 Å². The van der Waals surface area contributed by atoms with Crippen LogP contribution in [0.25, 0.3) is 0 Å². The van der Waals surface area contributed by atoms with Gasteiger partial charge in [0.1, 0.15) is 5.75 Å². The lowest BCUT2D eigenvalue weighted by Gasteiger charge is -2.19. The number of aryl methyl sites for hydroxylation is 4. The Morgan fingerprint density at radius 1 is 1.08 bits per heavy atom. The first-order valence-corrected chi connectivity index (χ1v) is 9.06. The summed E-state index contributed by atoms with van der Waals surface area (Å²) in [5.41, 5.74) is 4.77. The number of amides is 1. The molecule has 0 aliphatic heterocycles. The van der Waals surface area contributed by atoms with Gasteiger partial charge in [-0.1, -0.05) is 48.9 Å². The SMILES string of the molecule is CC[C@H](Oc1cc(C)ccc1C)C(=O)NCCCc1cccc(C)c1. The van der Waals surface area contributed by atoms with Gasteiger partial charge in [-0.2, -0.15) is 0 Å². The summed E-state index contributed by atoms with van der Waals surface area (Å²) in [7, 11) is 0. The maximum Gasteiger partial charge on any atom is 0.261 e. The predicted octanol–water partition coefficient (Wildman–Crippen LogP) is 4.52. The highest BCUT2D eigenvalue weighted by Crippen LogP contribution is 2.21. The highest BCUT2D eigenvalue weighted by atomic mass is 16.5. The van der Waals surface area contributed by atoms with Gasteiger partial charge >= 0.3 is 0 Å². The summed E-state index contributed by atoms with van der Waals surface area (Å²) in [6.45, 7) is 8.77. The molecule has 2 aromatic rings. The molecule has 3 heteroatoms. The summed E-state index contributed by atoms with van der Waals surface area (Å²) < 4.78 is 5.96. The van der Waals surface area contributed by atoms with Crippen molar-refractivity contribution in [1.82, 2.24) is 5.32 Å². The summed E-state index contributed by atoms with van der Waals surface area (Å²) in [5.74, 6) is 0.759. The molecule has 1 amide bonds. The number of hydrogen-bond acceptors (Lipinski definition) is 2. The van der Waals surface area contributed by atoms with Crippen LogP contribution in [-0.2, 0) is 11.2 Å². The summed E-state index contributed by atoms with van der Waals surface area (Å²) in [5, 5.41) is 3.01. The van der Waals surface area contributed by atoms with Gasteiger partial charge in [0.25, 0.3) is 5.91 Å². The molecular formula is C22H29NO2. The summed E-state index contributed by atoms with van der Waals surface area (Å²) in [4.78, 5) is 12.4. The monoisotopic (exact) mass is 339 g/mol. The molecular weight excluding hydrogens is 310 g/mol. The molecule has 0 bridgehead atoms. The van der Waals surface area contributed by atoms with Gasteiger partial charge < -0.3 is 10.1 Å². The van der Waals surface area contributed by atoms with E-state index in [1.807, 2.05) is 32.9 Å². The van der Waals surface area contributed by atoms with Crippen molar-refractivity contribution < 1.29 is 9.53 Å². The van der Waals surface area contributed by atoms with Crippen LogP contribution in [0.2, 0.25) is 0 Å². The first-order chi connectivity index (χ1) is 12.0. The van der Waals surface area contributed by atoms with Crippen LogP contribution in [0.1, 0.15) is 42.0 Å². The zero-order chi connectivity index (χ0) is 18.2. The van der Waals surface area contributed by atoms with Crippen molar-refractivity contribution >= 4 is 5.91 Å². The second-order valence-corrected chi connectivity index (χ2v) is 6.67. The average Bonchev–Trinajstić information content (AvgIpc) is 2.59. The maximum atomic E-state index is 12.4. The largest absolute Gasteiger partial charge is 0.480 e. The smallest absolute Gasteiger partial charge is 0.261 e. The Balaban J connectivity index is 1.82. The number of benzene rings is 2. The number of carbonyl (C=O) groups is 1. The van der Waals surface area contributed by atoms with Gasteiger partial charge in [-0.05, 0) is 62.8 Å². The van der Waals surface area contributed by atoms with Gasteiger partial charge in [0.05, 0.1) is 0 Å². The molecule has 134 valence electrons. The first kappa shape index (κ1) is 19.0. The lowest BCUT2D eigenvalue weighted by molar-refractivity contribution is -0.128. The molecule has 0 saturated heterocycles. The lowest BCUT2D eigenvalue weighted by Crippen LogP contribution is -2.38. The van der Waals surface area contributed by atoms with Crippen LogP contribution >= 0.6 is 0 Å². The van der Waals surface area contributed by atoms with E-state index < -0.39 is 6.10 Å². The predicted molar refractivity (Wildman–Crippen MR) is 103 cm³/mol. The van der Waals surface area contributed by atoms with Crippen molar-refractivity contribution in [3.8, 4) is 5.75 Å². The third-order valence-electron chi connectivity index (χ3n) is 4.30. The molecule has 0 aromatic heterocycles. The van der Waals surface area contributed by atoms with Crippen LogP contribution in [-0.4, -0.2) is 18.6 Å². The van der Waals surface area contributed by atoms with E-state index in [0.717, 1.165) is 29.7 Å². The quantitative estimate of drug-likeness (QED) is 0.718. The van der Waals surface area contributed by atoms with E-state index >= 15 is 0 Å². The van der Waals surface area contributed by atoms with Gasteiger partial charge in [0.2, 0.25) is 0 Å². The average molecular weight is 339 g/mol. The van der Waals surface area contributed by atoms with E-state index in [2.05, 4.69) is 42.6 Å². The molecule has 0 aliphatic carbocycles. The number of hydrogen-bond donors (Lipinski definition) is 1. The summed E-state index contributed by atoms with van der Waals surface area (Å²) >= 11 is 0. The van der Waals surface area contributed by atoms with E-state index in [1.54, 1.807) is 0 Å². The number of rotatable bonds is 8. The summed E-state index contributed by atoms with van der Waals surface area (Å²) in [6, 6.07) is 14.6. The van der Waals surface area contributed by atoms with Crippen LogP contribution < -0.4 is 10.1 Å². The zero-order valence-electron chi connectivity index (χ0n) is 15.8. The highest BCUT2D eigenvalue weighted by molar-refractivity contribution is 5.81. The molecule has 0 radical (unpaired) electrons. The van der Waals surface area contributed by atoms with Crippen LogP contribution in [0.5, 0.6) is 5.75 Å². The van der Waals surface area contributed by atoms with Gasteiger partial charge in [0.15, 0.2) is 6.10 Å². The van der Waals surface area contributed by atoms with Crippen molar-refractivity contribution in [3.05, 3.63) is 64.7 Å². The lowest BCUT2D eigenvalue weighted by atomic mass is 10.1. The molecule has 0 fully saturated rings. The van der Waals surface area contributed by atoms with E-state index in [9.17, 15) is 4.79 Å². The Labute approximate surface area is 151 Å². The fourth-order valence-electron chi connectivity index (χ4n) is 2.80. The Morgan fingerprint density at radius 2 is 1.84 bits per heavy atom. The third kappa shape index (κ3) is 5.93. The Morgan fingerprint density at radius 3 is 2.56 bits per heavy atom. The molecule has 1 N–H and O–H groups in total. The molecule has 0 unspecified atom stereocenters. The standard InChI is InChI=1S/C22H29NO2/c1-5-20(25-21-15-17(3)11-12-18(21)4)22(24)23-13-7-10-19-9-6-8-16(2)14-19/h6,8-9,11-12,14-15,20H,5,7,10,13H2,1-4H3,(H,23,24)/t20-/m0/s1. The second kappa shape index (κ2) is 9.26. The molecule has 2 rings (SSSR count). The van der Waals surface area contributed by atoms with E-state index in [1.165, 1.54) is 11.1 Å². The highest BCUT2D eigenvalue weighted by Gasteiger charge is 2.18. The topological polar surface area (TPSA) is 38.3 Å². The molecule has 25 heavy (non-hydrogen) atoms. The minimum Gasteiger partial charge on any atom is -0.480 e. The van der Waals surface area contributed by atoms with Crippen molar-refractivity contribution in [3.63, 3.8) is 0 Å². The van der Waals surface area contributed by atoms with Gasteiger partial charge in [-0.3, -0.25) is 4.79 Å². The maximum absolute atomic E-state index is 12.4. The van der Waals surface area contributed by atoms with Gasteiger partial charge in [-0.15, -0.1) is 0 Å². The molecule has 0 heterocycles. The molecule has 0 spiro atoms. The first-order valence-electron chi connectivity index (χ1n) is 9.06. The zero-order valence-corrected chi connectivity index (χ0v) is 15.8. The number of ether oxygens (including phenoxy) is 1. The minimum atomic E-state index is -0.445. The fraction of sp³-hybridized carbons (Fsp3) is 0.409. The van der Waals surface area contributed by atoms with Crippen molar-refractivity contribution in [2.75, 3.05) is 6.54 Å². The minimum absolute atomic E-state index is 0.0346. The fourth-order valence-corrected chi connectivity index (χ4v) is 2.80. The van der Waals surface area contributed by atoms with E-state index in [4.69, 9.17) is 4.74 Å². The number of nitrogens with one attached hydrogen (secondary N) is 1. The van der Waals surface area contributed by atoms with Gasteiger partial charge in [0, 0.05) is 6.54 Å². The van der Waals surface area contributed by atoms with Crippen molar-refractivity contribution in [1.29, 1.82) is 0 Å². The molecule has 0 saturated carbocycles. The summed E-state index contributed by atoms with van der Waals surface area (Å²) in [6.07, 6.45) is 2.10. The van der Waals surface area contributed by atoms with Crippen molar-refractivity contribution in [2.45, 2.75) is 53.1 Å². The van der Waals surface area contributed by atoms with Crippen LogP contribution in [0.3, 0.4) is 0 Å². The Hall–Kier alpha value is -2.29. The Kier molecular flexibility index (Phi) is 7.05. The Bertz CT molecular complexity index is 709. The number of carbonyl (C=O) groups excluding carboxylic acids is 1. The van der Waals surface area contributed by atoms with E-state index in [0.29, 0.717) is 13.0 Å². The van der Waals surface area contributed by atoms with Crippen LogP contribution in [0, 0.1) is 20.8 Å².